The highest BCUT2D eigenvalue weighted by Crippen LogP contribution is 2.34. The SMILES string of the molecule is O=C(Cn1nc(C(F)F)c(Cl)c1C(F)F)Nc1ccccc1OC(F)F. The second-order valence-electron chi connectivity index (χ2n) is 4.77. The van der Waals surface area contributed by atoms with Crippen LogP contribution < -0.4 is 10.1 Å². The van der Waals surface area contributed by atoms with Crippen molar-refractivity contribution in [3.63, 3.8) is 0 Å². The van der Waals surface area contributed by atoms with Gasteiger partial charge < -0.3 is 10.1 Å². The molecule has 26 heavy (non-hydrogen) atoms. The quantitative estimate of drug-likeness (QED) is 0.687. The van der Waals surface area contributed by atoms with Gasteiger partial charge in [-0.05, 0) is 12.1 Å². The summed E-state index contributed by atoms with van der Waals surface area (Å²) in [5.41, 5.74) is -2.30. The molecule has 0 atom stereocenters. The van der Waals surface area contributed by atoms with Gasteiger partial charge >= 0.3 is 6.61 Å². The van der Waals surface area contributed by atoms with Crippen molar-refractivity contribution >= 4 is 23.2 Å². The molecule has 12 heteroatoms. The molecular formula is C14H10ClF6N3O2. The van der Waals surface area contributed by atoms with Gasteiger partial charge in [-0.2, -0.15) is 13.9 Å². The molecule has 0 aliphatic heterocycles. The minimum Gasteiger partial charge on any atom is -0.433 e. The van der Waals surface area contributed by atoms with E-state index in [1.807, 2.05) is 0 Å². The fourth-order valence-electron chi connectivity index (χ4n) is 2.04. The van der Waals surface area contributed by atoms with Gasteiger partial charge in [0.15, 0.2) is 0 Å². The average molecular weight is 402 g/mol. The van der Waals surface area contributed by atoms with Gasteiger partial charge in [0.05, 0.1) is 10.7 Å². The smallest absolute Gasteiger partial charge is 0.387 e. The lowest BCUT2D eigenvalue weighted by Crippen LogP contribution is -2.21. The second kappa shape index (κ2) is 8.30. The van der Waals surface area contributed by atoms with Crippen molar-refractivity contribution in [1.29, 1.82) is 0 Å². The Labute approximate surface area is 147 Å². The third kappa shape index (κ3) is 4.59. The monoisotopic (exact) mass is 401 g/mol. The van der Waals surface area contributed by atoms with E-state index in [2.05, 4.69) is 15.2 Å². The first-order chi connectivity index (χ1) is 12.2. The lowest BCUT2D eigenvalue weighted by Gasteiger charge is -2.12. The number of nitrogens with zero attached hydrogens (tertiary/aromatic N) is 2. The average Bonchev–Trinajstić information content (AvgIpc) is 2.85. The Kier molecular flexibility index (Phi) is 6.35. The largest absolute Gasteiger partial charge is 0.433 e. The molecule has 2 rings (SSSR count). The van der Waals surface area contributed by atoms with Crippen LogP contribution >= 0.6 is 11.6 Å². The van der Waals surface area contributed by atoms with Crippen LogP contribution in [0.15, 0.2) is 24.3 Å². The lowest BCUT2D eigenvalue weighted by molar-refractivity contribution is -0.117. The molecule has 0 aliphatic carbocycles. The van der Waals surface area contributed by atoms with E-state index >= 15 is 0 Å². The number of carbonyl (C=O) groups is 1. The summed E-state index contributed by atoms with van der Waals surface area (Å²) in [5.74, 6) is -1.35. The Bertz CT molecular complexity index is 784. The summed E-state index contributed by atoms with van der Waals surface area (Å²) in [4.78, 5) is 12.0. The normalized spacial score (nSPS) is 11.5. The van der Waals surface area contributed by atoms with Crippen LogP contribution in [0.1, 0.15) is 24.2 Å². The molecular weight excluding hydrogens is 392 g/mol. The summed E-state index contributed by atoms with van der Waals surface area (Å²) in [6.45, 7) is -4.05. The number of carbonyl (C=O) groups excluding carboxylic acids is 1. The number of anilines is 1. The molecule has 0 bridgehead atoms. The van der Waals surface area contributed by atoms with Crippen LogP contribution in [0.2, 0.25) is 5.02 Å². The van der Waals surface area contributed by atoms with Gasteiger partial charge in [-0.15, -0.1) is 0 Å². The number of benzene rings is 1. The zero-order chi connectivity index (χ0) is 19.4. The molecule has 0 spiro atoms. The van der Waals surface area contributed by atoms with Crippen LogP contribution in [0, 0.1) is 0 Å². The summed E-state index contributed by atoms with van der Waals surface area (Å²) < 4.78 is 80.7. The first-order valence-electron chi connectivity index (χ1n) is 6.86. The topological polar surface area (TPSA) is 56.2 Å². The van der Waals surface area contributed by atoms with E-state index in [9.17, 15) is 31.1 Å². The van der Waals surface area contributed by atoms with Gasteiger partial charge in [0.1, 0.15) is 23.7 Å². The van der Waals surface area contributed by atoms with Crippen molar-refractivity contribution in [2.45, 2.75) is 26.0 Å². The van der Waals surface area contributed by atoms with Gasteiger partial charge in [0, 0.05) is 0 Å². The zero-order valence-electron chi connectivity index (χ0n) is 12.6. The van der Waals surface area contributed by atoms with E-state index in [1.54, 1.807) is 0 Å². The van der Waals surface area contributed by atoms with Gasteiger partial charge in [-0.1, -0.05) is 23.7 Å². The molecule has 1 N–H and O–H groups in total. The van der Waals surface area contributed by atoms with Crippen molar-refractivity contribution in [2.75, 3.05) is 5.32 Å². The van der Waals surface area contributed by atoms with Crippen molar-refractivity contribution in [3.8, 4) is 5.75 Å². The van der Waals surface area contributed by atoms with E-state index in [1.165, 1.54) is 18.2 Å². The highest BCUT2D eigenvalue weighted by molar-refractivity contribution is 6.32. The molecule has 0 fully saturated rings. The number of halogens is 7. The minimum absolute atomic E-state index is 0.163. The summed E-state index contributed by atoms with van der Waals surface area (Å²) in [5, 5.41) is 4.44. The zero-order valence-corrected chi connectivity index (χ0v) is 13.4. The molecule has 0 saturated carbocycles. The Morgan fingerprint density at radius 3 is 2.38 bits per heavy atom. The Morgan fingerprint density at radius 2 is 1.81 bits per heavy atom. The maximum absolute atomic E-state index is 13.0. The second-order valence-corrected chi connectivity index (χ2v) is 5.14. The third-order valence-electron chi connectivity index (χ3n) is 3.04. The summed E-state index contributed by atoms with van der Waals surface area (Å²) in [6, 6.07) is 5.14. The maximum Gasteiger partial charge on any atom is 0.387 e. The van der Waals surface area contributed by atoms with E-state index in [0.29, 0.717) is 4.68 Å². The fraction of sp³-hybridized carbons (Fsp3) is 0.286. The number of alkyl halides is 6. The maximum atomic E-state index is 13.0. The van der Waals surface area contributed by atoms with E-state index in [4.69, 9.17) is 11.6 Å². The lowest BCUT2D eigenvalue weighted by atomic mass is 10.3. The number of hydrogen-bond acceptors (Lipinski definition) is 3. The van der Waals surface area contributed by atoms with Crippen molar-refractivity contribution in [1.82, 2.24) is 9.78 Å². The van der Waals surface area contributed by atoms with Gasteiger partial charge in [-0.25, -0.2) is 17.6 Å². The highest BCUT2D eigenvalue weighted by atomic mass is 35.5. The van der Waals surface area contributed by atoms with Crippen molar-refractivity contribution in [2.24, 2.45) is 0 Å². The number of hydrogen-bond donors (Lipinski definition) is 1. The molecule has 2 aromatic rings. The Balaban J connectivity index is 2.22. The number of ether oxygens (including phenoxy) is 1. The number of rotatable bonds is 7. The van der Waals surface area contributed by atoms with E-state index in [0.717, 1.165) is 6.07 Å². The highest BCUT2D eigenvalue weighted by Gasteiger charge is 2.28. The number of aromatic nitrogens is 2. The van der Waals surface area contributed by atoms with E-state index in [-0.39, 0.29) is 11.4 Å². The summed E-state index contributed by atoms with van der Waals surface area (Å²) in [6.07, 6.45) is -6.48. The molecule has 0 unspecified atom stereocenters. The van der Waals surface area contributed by atoms with Crippen LogP contribution in [0.3, 0.4) is 0 Å². The minimum atomic E-state index is -3.26. The molecule has 0 saturated heterocycles. The van der Waals surface area contributed by atoms with Crippen LogP contribution in [0.5, 0.6) is 5.75 Å². The molecule has 1 aromatic heterocycles. The molecule has 5 nitrogen and oxygen atoms in total. The Morgan fingerprint density at radius 1 is 1.15 bits per heavy atom. The first-order valence-corrected chi connectivity index (χ1v) is 7.24. The number of amides is 1. The van der Waals surface area contributed by atoms with Gasteiger partial charge in [-0.3, -0.25) is 9.48 Å². The van der Waals surface area contributed by atoms with Crippen LogP contribution in [-0.4, -0.2) is 22.3 Å². The molecule has 1 heterocycles. The van der Waals surface area contributed by atoms with E-state index < -0.39 is 48.3 Å². The molecule has 1 aromatic carbocycles. The van der Waals surface area contributed by atoms with Crippen LogP contribution in [0.4, 0.5) is 32.0 Å². The number of para-hydroxylation sites is 2. The molecule has 0 aliphatic rings. The van der Waals surface area contributed by atoms with Crippen LogP contribution in [-0.2, 0) is 11.3 Å². The van der Waals surface area contributed by atoms with Crippen molar-refractivity contribution in [3.05, 3.63) is 40.7 Å². The predicted molar refractivity (Wildman–Crippen MR) is 78.9 cm³/mol. The predicted octanol–water partition coefficient (Wildman–Crippen LogP) is 4.65. The summed E-state index contributed by atoms with van der Waals surface area (Å²) >= 11 is 5.47. The number of nitrogens with one attached hydrogen (secondary N) is 1. The third-order valence-corrected chi connectivity index (χ3v) is 3.43. The van der Waals surface area contributed by atoms with Crippen LogP contribution in [0.25, 0.3) is 0 Å². The molecule has 0 radical (unpaired) electrons. The molecule has 1 amide bonds. The first kappa shape index (κ1) is 19.9. The standard InChI is InChI=1S/C14H10ClF6N3O2/c15-9-10(12(16)17)23-24(11(9)13(18)19)5-8(25)22-6-3-1-2-4-7(6)26-14(20)21/h1-4,12-14H,5H2,(H,22,25). The van der Waals surface area contributed by atoms with Crippen molar-refractivity contribution < 1.29 is 35.9 Å². The van der Waals surface area contributed by atoms with Gasteiger partial charge in [0.25, 0.3) is 12.9 Å². The summed E-state index contributed by atoms with van der Waals surface area (Å²) in [7, 11) is 0. The molecule has 142 valence electrons. The van der Waals surface area contributed by atoms with Gasteiger partial charge in [0.2, 0.25) is 5.91 Å². The Hall–Kier alpha value is -2.43. The fourth-order valence-corrected chi connectivity index (χ4v) is 2.34.